The maximum absolute atomic E-state index is 12.7. The van der Waals surface area contributed by atoms with Crippen LogP contribution < -0.4 is 9.46 Å². The number of ether oxygens (including phenoxy) is 1. The van der Waals surface area contributed by atoms with Crippen molar-refractivity contribution >= 4 is 26.9 Å². The van der Waals surface area contributed by atoms with Crippen molar-refractivity contribution in [1.29, 1.82) is 5.26 Å². The van der Waals surface area contributed by atoms with Crippen LogP contribution in [0.15, 0.2) is 42.5 Å². The minimum atomic E-state index is -3.35. The first-order chi connectivity index (χ1) is 15.4. The summed E-state index contributed by atoms with van der Waals surface area (Å²) in [5.74, 6) is 0.537. The van der Waals surface area contributed by atoms with Gasteiger partial charge < -0.3 is 4.74 Å². The Morgan fingerprint density at radius 2 is 1.81 bits per heavy atom. The number of nitrogens with one attached hydrogen (secondary N) is 1. The Bertz CT molecular complexity index is 1220. The third-order valence-corrected chi connectivity index (χ3v) is 8.18. The molecule has 0 aromatic heterocycles. The van der Waals surface area contributed by atoms with Crippen molar-refractivity contribution in [2.24, 2.45) is 5.92 Å². The Balaban J connectivity index is 1.50. The van der Waals surface area contributed by atoms with Gasteiger partial charge in [-0.05, 0) is 77.8 Å². The molecule has 0 aliphatic heterocycles. The molecule has 0 amide bonds. The van der Waals surface area contributed by atoms with E-state index in [-0.39, 0.29) is 16.9 Å². The highest BCUT2D eigenvalue weighted by Crippen LogP contribution is 2.53. The lowest BCUT2D eigenvalue weighted by Gasteiger charge is -2.18. The molecule has 166 valence electrons. The van der Waals surface area contributed by atoms with Crippen molar-refractivity contribution in [1.82, 2.24) is 0 Å². The van der Waals surface area contributed by atoms with Crippen LogP contribution in [0, 0.1) is 17.2 Å². The van der Waals surface area contributed by atoms with E-state index in [1.165, 1.54) is 6.07 Å². The smallest absolute Gasteiger partial charge is 0.387 e. The molecule has 2 fully saturated rings. The number of alkyl halides is 2. The summed E-state index contributed by atoms with van der Waals surface area (Å²) in [7, 11) is -3.35. The van der Waals surface area contributed by atoms with Crippen LogP contribution in [0.25, 0.3) is 11.1 Å². The molecule has 5 rings (SSSR count). The van der Waals surface area contributed by atoms with Gasteiger partial charge in [0.2, 0.25) is 10.0 Å². The normalized spacial score (nSPS) is 20.2. The van der Waals surface area contributed by atoms with Gasteiger partial charge in [0.25, 0.3) is 0 Å². The molecule has 5 nitrogen and oxygen atoms in total. The van der Waals surface area contributed by atoms with E-state index in [9.17, 15) is 22.5 Å². The van der Waals surface area contributed by atoms with Gasteiger partial charge in [-0.25, -0.2) is 8.42 Å². The maximum atomic E-state index is 12.7. The maximum Gasteiger partial charge on any atom is 0.387 e. The highest BCUT2D eigenvalue weighted by atomic mass is 32.2. The molecule has 32 heavy (non-hydrogen) atoms. The van der Waals surface area contributed by atoms with Crippen LogP contribution in [-0.4, -0.2) is 20.3 Å². The van der Waals surface area contributed by atoms with Gasteiger partial charge in [0.05, 0.1) is 10.8 Å². The summed E-state index contributed by atoms with van der Waals surface area (Å²) in [4.78, 5) is 0. The van der Waals surface area contributed by atoms with E-state index in [0.29, 0.717) is 30.0 Å². The summed E-state index contributed by atoms with van der Waals surface area (Å²) in [6, 6.07) is 14.1. The molecule has 3 aliphatic carbocycles. The van der Waals surface area contributed by atoms with Gasteiger partial charge in [0.1, 0.15) is 11.8 Å². The number of halogens is 2. The van der Waals surface area contributed by atoms with Crippen molar-refractivity contribution in [3.63, 3.8) is 0 Å². The lowest BCUT2D eigenvalue weighted by atomic mass is 9.86. The molecule has 3 aliphatic rings. The zero-order valence-electron chi connectivity index (χ0n) is 17.2. The highest BCUT2D eigenvalue weighted by molar-refractivity contribution is 7.93. The van der Waals surface area contributed by atoms with E-state index in [1.54, 1.807) is 24.3 Å². The molecule has 2 saturated carbocycles. The standard InChI is InChI=1S/C24H22F2N2O3S/c25-24(26)31-17-7-10-19-20(12-17)21(11-14-1-2-14)23(22(19)13-27)15-3-5-16(6-4-15)28-32(29,30)18-8-9-18/h3-7,10,12,14,18,21,24,28H,1-2,8-9,11H2. The number of anilines is 1. The van der Waals surface area contributed by atoms with Crippen LogP contribution >= 0.6 is 0 Å². The van der Waals surface area contributed by atoms with Crippen LogP contribution in [0.3, 0.4) is 0 Å². The molecule has 8 heteroatoms. The zero-order chi connectivity index (χ0) is 22.5. The fraction of sp³-hybridized carbons (Fsp3) is 0.375. The molecular weight excluding hydrogens is 434 g/mol. The molecule has 0 saturated heterocycles. The molecule has 1 unspecified atom stereocenters. The van der Waals surface area contributed by atoms with Gasteiger partial charge in [-0.15, -0.1) is 0 Å². The molecule has 0 spiro atoms. The lowest BCUT2D eigenvalue weighted by molar-refractivity contribution is -0.0498. The van der Waals surface area contributed by atoms with Crippen molar-refractivity contribution in [3.8, 4) is 11.8 Å². The Morgan fingerprint density at radius 1 is 1.09 bits per heavy atom. The molecule has 0 radical (unpaired) electrons. The Hall–Kier alpha value is -2.92. The number of sulfonamides is 1. The van der Waals surface area contributed by atoms with Crippen molar-refractivity contribution < 1.29 is 21.9 Å². The average molecular weight is 457 g/mol. The summed E-state index contributed by atoms with van der Waals surface area (Å²) in [5.41, 5.74) is 4.28. The van der Waals surface area contributed by atoms with Crippen molar-refractivity contribution in [2.45, 2.75) is 49.9 Å². The van der Waals surface area contributed by atoms with Gasteiger partial charge in [0.15, 0.2) is 0 Å². The third kappa shape index (κ3) is 4.09. The predicted molar refractivity (Wildman–Crippen MR) is 118 cm³/mol. The summed E-state index contributed by atoms with van der Waals surface area (Å²) < 4.78 is 57.1. The number of hydrogen-bond donors (Lipinski definition) is 1. The number of hydrogen-bond acceptors (Lipinski definition) is 4. The van der Waals surface area contributed by atoms with Gasteiger partial charge >= 0.3 is 6.61 Å². The van der Waals surface area contributed by atoms with Crippen LogP contribution in [0.1, 0.15) is 54.7 Å². The predicted octanol–water partition coefficient (Wildman–Crippen LogP) is 5.52. The third-order valence-electron chi connectivity index (χ3n) is 6.31. The van der Waals surface area contributed by atoms with E-state index in [1.807, 2.05) is 12.1 Å². The number of nitriles is 1. The first-order valence-electron chi connectivity index (χ1n) is 10.7. The van der Waals surface area contributed by atoms with Gasteiger partial charge in [-0.3, -0.25) is 4.72 Å². The molecule has 2 aromatic carbocycles. The summed E-state index contributed by atoms with van der Waals surface area (Å²) in [5, 5.41) is 9.64. The Labute approximate surface area is 185 Å². The SMILES string of the molecule is N#CC1=C(c2ccc(NS(=O)(=O)C3CC3)cc2)C(CC2CC2)c2cc(OC(F)F)ccc21. The number of fused-ring (bicyclic) bond motifs is 1. The molecule has 1 N–H and O–H groups in total. The highest BCUT2D eigenvalue weighted by Gasteiger charge is 2.38. The van der Waals surface area contributed by atoms with Crippen LogP contribution in [0.4, 0.5) is 14.5 Å². The van der Waals surface area contributed by atoms with Gasteiger partial charge in [0, 0.05) is 11.6 Å². The van der Waals surface area contributed by atoms with Gasteiger partial charge in [-0.2, -0.15) is 14.0 Å². The minimum absolute atomic E-state index is 0.0860. The second-order valence-corrected chi connectivity index (χ2v) is 10.6. The van der Waals surface area contributed by atoms with E-state index in [0.717, 1.165) is 41.5 Å². The van der Waals surface area contributed by atoms with Crippen molar-refractivity contribution in [2.75, 3.05) is 4.72 Å². The molecule has 2 aromatic rings. The van der Waals surface area contributed by atoms with E-state index >= 15 is 0 Å². The lowest BCUT2D eigenvalue weighted by Crippen LogP contribution is -2.17. The summed E-state index contributed by atoms with van der Waals surface area (Å²) >= 11 is 0. The molecule has 0 heterocycles. The second-order valence-electron chi connectivity index (χ2n) is 8.68. The fourth-order valence-electron chi connectivity index (χ4n) is 4.45. The monoisotopic (exact) mass is 456 g/mol. The largest absolute Gasteiger partial charge is 0.435 e. The van der Waals surface area contributed by atoms with Crippen LogP contribution in [0.5, 0.6) is 5.75 Å². The van der Waals surface area contributed by atoms with E-state index in [4.69, 9.17) is 0 Å². The first kappa shape index (κ1) is 21.0. The molecule has 0 bridgehead atoms. The minimum Gasteiger partial charge on any atom is -0.435 e. The Morgan fingerprint density at radius 3 is 2.41 bits per heavy atom. The van der Waals surface area contributed by atoms with Crippen molar-refractivity contribution in [3.05, 3.63) is 59.2 Å². The average Bonchev–Trinajstić information content (AvgIpc) is 3.65. The Kier molecular flexibility index (Phi) is 5.17. The number of allylic oxidation sites excluding steroid dienone is 2. The summed E-state index contributed by atoms with van der Waals surface area (Å²) in [6.45, 7) is -2.91. The molecule has 1 atom stereocenters. The fourth-order valence-corrected chi connectivity index (χ4v) is 5.84. The topological polar surface area (TPSA) is 79.2 Å². The first-order valence-corrected chi connectivity index (χ1v) is 12.3. The second kappa shape index (κ2) is 7.89. The number of benzene rings is 2. The van der Waals surface area contributed by atoms with E-state index in [2.05, 4.69) is 15.5 Å². The van der Waals surface area contributed by atoms with Crippen LogP contribution in [-0.2, 0) is 10.0 Å². The number of nitrogens with zero attached hydrogens (tertiary/aromatic N) is 1. The van der Waals surface area contributed by atoms with Gasteiger partial charge in [-0.1, -0.05) is 25.0 Å². The number of rotatable bonds is 8. The van der Waals surface area contributed by atoms with Crippen LogP contribution in [0.2, 0.25) is 0 Å². The summed E-state index contributed by atoms with van der Waals surface area (Å²) in [6.07, 6.45) is 4.45. The van der Waals surface area contributed by atoms with E-state index < -0.39 is 16.6 Å². The molecular formula is C24H22F2N2O3S. The zero-order valence-corrected chi connectivity index (χ0v) is 18.0. The quantitative estimate of drug-likeness (QED) is 0.567.